The van der Waals surface area contributed by atoms with Crippen LogP contribution in [0.5, 0.6) is 0 Å². The lowest BCUT2D eigenvalue weighted by Gasteiger charge is -2.08. The van der Waals surface area contributed by atoms with Crippen LogP contribution in [0, 0.1) is 0 Å². The summed E-state index contributed by atoms with van der Waals surface area (Å²) < 4.78 is 0. The summed E-state index contributed by atoms with van der Waals surface area (Å²) in [6.45, 7) is 0. The summed E-state index contributed by atoms with van der Waals surface area (Å²) in [6.07, 6.45) is 0. The Morgan fingerprint density at radius 1 is 0.735 bits per heavy atom. The average Bonchev–Trinajstić information content (AvgIpc) is 3.25. The highest BCUT2D eigenvalue weighted by molar-refractivity contribution is 6.39. The number of aromatic nitrogens is 2. The molecule has 0 radical (unpaired) electrons. The third-order valence-corrected chi connectivity index (χ3v) is 6.54. The Labute approximate surface area is 205 Å². The van der Waals surface area contributed by atoms with Crippen molar-refractivity contribution >= 4 is 67.4 Å². The second kappa shape index (κ2) is 8.17. The first-order valence-electron chi connectivity index (χ1n) is 10.7. The monoisotopic (exact) mass is 481 g/mol. The van der Waals surface area contributed by atoms with Crippen molar-refractivity contribution < 1.29 is 4.79 Å². The Balaban J connectivity index is 1.31. The zero-order valence-electron chi connectivity index (χ0n) is 17.8. The van der Waals surface area contributed by atoms with Gasteiger partial charge in [-0.1, -0.05) is 59.6 Å². The Kier molecular flexibility index (Phi) is 4.98. The molecule has 6 heteroatoms. The van der Waals surface area contributed by atoms with Gasteiger partial charge in [-0.3, -0.25) is 4.79 Å². The summed E-state index contributed by atoms with van der Waals surface area (Å²) in [5.41, 5.74) is 3.34. The number of benzene rings is 5. The summed E-state index contributed by atoms with van der Waals surface area (Å²) in [5.74, 6) is 0.360. The standard InChI is InChI=1S/C28H17Cl2N3O/c29-22-6-3-7-23(30)26(22)27-32-24-11-9-19(15-25(24)33-27)28(34)31-21-10-8-18-12-16-4-1-2-5-17(16)13-20(18)14-21/h1-15H,(H,31,34)(H,32,33). The molecular weight excluding hydrogens is 465 g/mol. The van der Waals surface area contributed by atoms with Crippen molar-refractivity contribution in [3.05, 3.63) is 107 Å². The van der Waals surface area contributed by atoms with Crippen LogP contribution in [-0.4, -0.2) is 15.9 Å². The van der Waals surface area contributed by atoms with Crippen LogP contribution in [0.15, 0.2) is 91.0 Å². The van der Waals surface area contributed by atoms with Crippen LogP contribution < -0.4 is 5.32 Å². The van der Waals surface area contributed by atoms with E-state index in [1.165, 1.54) is 5.39 Å². The summed E-state index contributed by atoms with van der Waals surface area (Å²) in [6, 6.07) is 29.1. The van der Waals surface area contributed by atoms with Gasteiger partial charge in [0.15, 0.2) is 0 Å². The normalized spacial score (nSPS) is 11.4. The van der Waals surface area contributed by atoms with Crippen molar-refractivity contribution in [2.24, 2.45) is 0 Å². The van der Waals surface area contributed by atoms with Crippen LogP contribution in [0.1, 0.15) is 10.4 Å². The summed E-state index contributed by atoms with van der Waals surface area (Å²) in [4.78, 5) is 20.8. The quantitative estimate of drug-likeness (QED) is 0.251. The van der Waals surface area contributed by atoms with Crippen LogP contribution in [0.4, 0.5) is 5.69 Å². The van der Waals surface area contributed by atoms with Gasteiger partial charge in [-0.25, -0.2) is 4.98 Å². The molecule has 164 valence electrons. The molecule has 1 heterocycles. The molecule has 1 aromatic heterocycles. The van der Waals surface area contributed by atoms with E-state index in [1.807, 2.05) is 36.4 Å². The molecular formula is C28H17Cl2N3O. The molecule has 0 atom stereocenters. The Morgan fingerprint density at radius 3 is 2.21 bits per heavy atom. The molecule has 1 amide bonds. The molecule has 0 fully saturated rings. The highest BCUT2D eigenvalue weighted by Gasteiger charge is 2.14. The van der Waals surface area contributed by atoms with E-state index in [0.717, 1.165) is 32.9 Å². The van der Waals surface area contributed by atoms with E-state index in [4.69, 9.17) is 23.2 Å². The van der Waals surface area contributed by atoms with Crippen LogP contribution in [0.25, 0.3) is 44.0 Å². The van der Waals surface area contributed by atoms with E-state index in [0.29, 0.717) is 27.0 Å². The van der Waals surface area contributed by atoms with Gasteiger partial charge in [-0.15, -0.1) is 0 Å². The molecule has 0 unspecified atom stereocenters. The van der Waals surface area contributed by atoms with Crippen molar-refractivity contribution in [3.63, 3.8) is 0 Å². The van der Waals surface area contributed by atoms with Gasteiger partial charge in [-0.2, -0.15) is 0 Å². The first-order valence-corrected chi connectivity index (χ1v) is 11.5. The minimum Gasteiger partial charge on any atom is -0.338 e. The van der Waals surface area contributed by atoms with Crippen molar-refractivity contribution in [2.75, 3.05) is 5.32 Å². The van der Waals surface area contributed by atoms with Gasteiger partial charge in [0.25, 0.3) is 5.91 Å². The zero-order chi connectivity index (χ0) is 23.2. The molecule has 4 nitrogen and oxygen atoms in total. The number of anilines is 1. The van der Waals surface area contributed by atoms with E-state index < -0.39 is 0 Å². The van der Waals surface area contributed by atoms with Crippen LogP contribution in [0.3, 0.4) is 0 Å². The van der Waals surface area contributed by atoms with E-state index in [1.54, 1.807) is 30.3 Å². The lowest BCUT2D eigenvalue weighted by molar-refractivity contribution is 0.102. The van der Waals surface area contributed by atoms with Gasteiger partial charge >= 0.3 is 0 Å². The number of hydrogen-bond donors (Lipinski definition) is 2. The number of aromatic amines is 1. The lowest BCUT2D eigenvalue weighted by atomic mass is 10.0. The number of carbonyl (C=O) groups is 1. The lowest BCUT2D eigenvalue weighted by Crippen LogP contribution is -2.11. The second-order valence-electron chi connectivity index (χ2n) is 8.13. The number of rotatable bonds is 3. The van der Waals surface area contributed by atoms with E-state index in [2.05, 4.69) is 39.6 Å². The minimum absolute atomic E-state index is 0.200. The summed E-state index contributed by atoms with van der Waals surface area (Å²) in [5, 5.41) is 8.57. The maximum atomic E-state index is 13.0. The fraction of sp³-hybridized carbons (Fsp3) is 0. The van der Waals surface area contributed by atoms with E-state index in [9.17, 15) is 4.79 Å². The number of hydrogen-bond acceptors (Lipinski definition) is 2. The number of carbonyl (C=O) groups excluding carboxylic acids is 1. The molecule has 0 spiro atoms. The first kappa shape index (κ1) is 20.7. The first-order chi connectivity index (χ1) is 16.5. The highest BCUT2D eigenvalue weighted by Crippen LogP contribution is 2.34. The third kappa shape index (κ3) is 3.67. The maximum Gasteiger partial charge on any atom is 0.255 e. The van der Waals surface area contributed by atoms with Gasteiger partial charge in [0.2, 0.25) is 0 Å². The minimum atomic E-state index is -0.200. The molecule has 5 aromatic carbocycles. The number of halogens is 2. The van der Waals surface area contributed by atoms with Crippen molar-refractivity contribution in [2.45, 2.75) is 0 Å². The number of nitrogens with zero attached hydrogens (tertiary/aromatic N) is 1. The molecule has 0 saturated carbocycles. The zero-order valence-corrected chi connectivity index (χ0v) is 19.3. The predicted octanol–water partition coefficient (Wildman–Crippen LogP) is 8.10. The average molecular weight is 482 g/mol. The summed E-state index contributed by atoms with van der Waals surface area (Å²) in [7, 11) is 0. The number of nitrogens with one attached hydrogen (secondary N) is 2. The number of H-pyrrole nitrogens is 1. The molecule has 34 heavy (non-hydrogen) atoms. The molecule has 0 aliphatic heterocycles. The molecule has 0 bridgehead atoms. The van der Waals surface area contributed by atoms with Gasteiger partial charge in [0, 0.05) is 11.3 Å². The molecule has 0 aliphatic carbocycles. The topological polar surface area (TPSA) is 57.8 Å². The van der Waals surface area contributed by atoms with Crippen LogP contribution in [-0.2, 0) is 0 Å². The van der Waals surface area contributed by atoms with Gasteiger partial charge in [-0.05, 0) is 76.1 Å². The number of fused-ring (bicyclic) bond motifs is 3. The number of amides is 1. The molecule has 2 N–H and O–H groups in total. The smallest absolute Gasteiger partial charge is 0.255 e. The van der Waals surface area contributed by atoms with Gasteiger partial charge in [0.1, 0.15) is 5.82 Å². The maximum absolute atomic E-state index is 13.0. The summed E-state index contributed by atoms with van der Waals surface area (Å²) >= 11 is 12.7. The van der Waals surface area contributed by atoms with Crippen LogP contribution in [0.2, 0.25) is 10.0 Å². The fourth-order valence-electron chi connectivity index (χ4n) is 4.21. The van der Waals surface area contributed by atoms with Gasteiger partial charge in [0.05, 0.1) is 26.6 Å². The van der Waals surface area contributed by atoms with Gasteiger partial charge < -0.3 is 10.3 Å². The van der Waals surface area contributed by atoms with Crippen molar-refractivity contribution in [3.8, 4) is 11.4 Å². The Morgan fingerprint density at radius 2 is 1.44 bits per heavy atom. The molecule has 6 rings (SSSR count). The molecule has 6 aromatic rings. The predicted molar refractivity (Wildman–Crippen MR) is 141 cm³/mol. The highest BCUT2D eigenvalue weighted by atomic mass is 35.5. The Hall–Kier alpha value is -3.86. The van der Waals surface area contributed by atoms with Crippen molar-refractivity contribution in [1.82, 2.24) is 9.97 Å². The van der Waals surface area contributed by atoms with Crippen LogP contribution >= 0.6 is 23.2 Å². The number of imidazole rings is 1. The van der Waals surface area contributed by atoms with E-state index in [-0.39, 0.29) is 5.91 Å². The Bertz CT molecular complexity index is 1720. The SMILES string of the molecule is O=C(Nc1ccc2cc3ccccc3cc2c1)c1ccc2nc(-c3c(Cl)cccc3Cl)[nH]c2c1. The van der Waals surface area contributed by atoms with Crippen molar-refractivity contribution in [1.29, 1.82) is 0 Å². The molecule has 0 saturated heterocycles. The largest absolute Gasteiger partial charge is 0.338 e. The third-order valence-electron chi connectivity index (χ3n) is 5.91. The second-order valence-corrected chi connectivity index (χ2v) is 8.94. The molecule has 0 aliphatic rings. The van der Waals surface area contributed by atoms with E-state index >= 15 is 0 Å². The fourth-order valence-corrected chi connectivity index (χ4v) is 4.79.